The van der Waals surface area contributed by atoms with Gasteiger partial charge >= 0.3 is 5.97 Å². The van der Waals surface area contributed by atoms with E-state index in [-0.39, 0.29) is 29.4 Å². The zero-order valence-corrected chi connectivity index (χ0v) is 14.9. The van der Waals surface area contributed by atoms with Gasteiger partial charge in [-0.3, -0.25) is 9.59 Å². The predicted octanol–water partition coefficient (Wildman–Crippen LogP) is 1.25. The lowest BCUT2D eigenvalue weighted by atomic mass is 9.76. The topological polar surface area (TPSA) is 98.2 Å². The first-order valence-electron chi connectivity index (χ1n) is 8.85. The van der Waals surface area contributed by atoms with Crippen LogP contribution in [0.25, 0.3) is 0 Å². The predicted molar refractivity (Wildman–Crippen MR) is 93.5 cm³/mol. The lowest BCUT2D eigenvalue weighted by Gasteiger charge is -2.39. The molecule has 0 unspecified atom stereocenters. The van der Waals surface area contributed by atoms with Crippen LogP contribution in [0.2, 0.25) is 0 Å². The molecule has 1 aromatic rings. The summed E-state index contributed by atoms with van der Waals surface area (Å²) in [5.41, 5.74) is 0.557. The van der Waals surface area contributed by atoms with Crippen LogP contribution in [0.5, 0.6) is 5.75 Å². The first-order valence-corrected chi connectivity index (χ1v) is 8.85. The van der Waals surface area contributed by atoms with Crippen molar-refractivity contribution in [1.29, 1.82) is 0 Å². The number of carboxylic acid groups (broad SMARTS) is 1. The van der Waals surface area contributed by atoms with E-state index in [4.69, 9.17) is 0 Å². The molecule has 2 fully saturated rings. The molecule has 3 rings (SSSR count). The normalized spacial score (nSPS) is 21.8. The van der Waals surface area contributed by atoms with Crippen LogP contribution < -0.4 is 0 Å². The Kier molecular flexibility index (Phi) is 4.89. The van der Waals surface area contributed by atoms with Gasteiger partial charge in [0.2, 0.25) is 11.8 Å². The Morgan fingerprint density at radius 2 is 1.92 bits per heavy atom. The molecular weight excluding hydrogens is 336 g/mol. The van der Waals surface area contributed by atoms with E-state index >= 15 is 0 Å². The third-order valence-electron chi connectivity index (χ3n) is 5.64. The molecule has 2 aliphatic heterocycles. The number of hydrogen-bond donors (Lipinski definition) is 2. The van der Waals surface area contributed by atoms with Crippen LogP contribution in [0.3, 0.4) is 0 Å². The molecular formula is C19H24N2O5. The van der Waals surface area contributed by atoms with Crippen LogP contribution >= 0.6 is 0 Å². The number of piperidine rings is 1. The first-order chi connectivity index (χ1) is 12.3. The summed E-state index contributed by atoms with van der Waals surface area (Å²) in [4.78, 5) is 39.0. The highest BCUT2D eigenvalue weighted by Crippen LogP contribution is 2.43. The van der Waals surface area contributed by atoms with Gasteiger partial charge in [0.25, 0.3) is 0 Å². The Balaban J connectivity index is 1.61. The lowest BCUT2D eigenvalue weighted by molar-refractivity contribution is -0.147. The van der Waals surface area contributed by atoms with Gasteiger partial charge in [-0.25, -0.2) is 4.79 Å². The molecule has 1 spiro atoms. The van der Waals surface area contributed by atoms with E-state index in [0.717, 1.165) is 5.56 Å². The summed E-state index contributed by atoms with van der Waals surface area (Å²) in [7, 11) is 0. The van der Waals surface area contributed by atoms with Crippen LogP contribution in [0.1, 0.15) is 31.7 Å². The number of benzene rings is 1. The molecule has 140 valence electrons. The minimum Gasteiger partial charge on any atom is -0.508 e. The van der Waals surface area contributed by atoms with E-state index in [2.05, 4.69) is 0 Å². The average molecular weight is 360 g/mol. The zero-order chi connectivity index (χ0) is 18.9. The Bertz CT molecular complexity index is 700. The standard InChI is InChI=1S/C19H24N2O5/c1-13(22)21-12-19(11-16(21)18(25)26)5-7-20(8-6-19)17(24)10-14-3-2-4-15(23)9-14/h2-4,9,16,23H,5-8,10-12H2,1H3,(H,25,26)/t16-/m1/s1. The molecule has 0 aromatic heterocycles. The van der Waals surface area contributed by atoms with Crippen molar-refractivity contribution >= 4 is 17.8 Å². The van der Waals surface area contributed by atoms with Gasteiger partial charge in [0.1, 0.15) is 11.8 Å². The summed E-state index contributed by atoms with van der Waals surface area (Å²) in [6, 6.07) is 5.91. The van der Waals surface area contributed by atoms with E-state index in [1.54, 1.807) is 23.1 Å². The third kappa shape index (κ3) is 3.66. The van der Waals surface area contributed by atoms with E-state index in [1.807, 2.05) is 6.07 Å². The molecule has 7 heteroatoms. The zero-order valence-electron chi connectivity index (χ0n) is 14.9. The van der Waals surface area contributed by atoms with E-state index < -0.39 is 12.0 Å². The highest BCUT2D eigenvalue weighted by molar-refractivity contribution is 5.83. The maximum atomic E-state index is 12.5. The molecule has 2 aliphatic rings. The molecule has 1 atom stereocenters. The Hall–Kier alpha value is -2.57. The van der Waals surface area contributed by atoms with Crippen molar-refractivity contribution in [2.75, 3.05) is 19.6 Å². The molecule has 1 aromatic carbocycles. The molecule has 0 radical (unpaired) electrons. The number of carbonyl (C=O) groups is 3. The molecule has 0 bridgehead atoms. The summed E-state index contributed by atoms with van der Waals surface area (Å²) in [5, 5.41) is 18.9. The van der Waals surface area contributed by atoms with Crippen molar-refractivity contribution < 1.29 is 24.6 Å². The van der Waals surface area contributed by atoms with Gasteiger partial charge in [0.15, 0.2) is 0 Å². The molecule has 2 heterocycles. The van der Waals surface area contributed by atoms with Crippen molar-refractivity contribution in [1.82, 2.24) is 9.80 Å². The number of carbonyl (C=O) groups excluding carboxylic acids is 2. The Morgan fingerprint density at radius 1 is 1.23 bits per heavy atom. The number of aliphatic carboxylic acids is 1. The van der Waals surface area contributed by atoms with Crippen LogP contribution in [-0.2, 0) is 20.8 Å². The molecule has 0 saturated carbocycles. The van der Waals surface area contributed by atoms with Crippen molar-refractivity contribution in [3.63, 3.8) is 0 Å². The Labute approximate surface area is 152 Å². The lowest BCUT2D eigenvalue weighted by Crippen LogP contribution is -2.45. The molecule has 2 N–H and O–H groups in total. The number of aromatic hydroxyl groups is 1. The first kappa shape index (κ1) is 18.2. The number of likely N-dealkylation sites (tertiary alicyclic amines) is 2. The maximum absolute atomic E-state index is 12.5. The van der Waals surface area contributed by atoms with Crippen LogP contribution in [0.15, 0.2) is 24.3 Å². The second-order valence-electron chi connectivity index (χ2n) is 7.43. The van der Waals surface area contributed by atoms with E-state index in [9.17, 15) is 24.6 Å². The Morgan fingerprint density at radius 3 is 2.46 bits per heavy atom. The van der Waals surface area contributed by atoms with Gasteiger partial charge in [0, 0.05) is 26.6 Å². The maximum Gasteiger partial charge on any atom is 0.326 e. The fraction of sp³-hybridized carbons (Fsp3) is 0.526. The van der Waals surface area contributed by atoms with Gasteiger partial charge in [-0.2, -0.15) is 0 Å². The second-order valence-corrected chi connectivity index (χ2v) is 7.43. The van der Waals surface area contributed by atoms with Crippen molar-refractivity contribution in [2.24, 2.45) is 5.41 Å². The molecule has 2 amide bonds. The fourth-order valence-corrected chi connectivity index (χ4v) is 4.15. The number of carboxylic acids is 1. The van der Waals surface area contributed by atoms with Crippen LogP contribution in [0, 0.1) is 5.41 Å². The number of nitrogens with zero attached hydrogens (tertiary/aromatic N) is 2. The molecule has 7 nitrogen and oxygen atoms in total. The number of hydrogen-bond acceptors (Lipinski definition) is 4. The quantitative estimate of drug-likeness (QED) is 0.845. The molecule has 2 saturated heterocycles. The summed E-state index contributed by atoms with van der Waals surface area (Å²) in [5.74, 6) is -1.03. The van der Waals surface area contributed by atoms with Crippen molar-refractivity contribution in [3.05, 3.63) is 29.8 Å². The second kappa shape index (κ2) is 6.97. The summed E-state index contributed by atoms with van der Waals surface area (Å²) in [6.45, 7) is 2.99. The molecule has 0 aliphatic carbocycles. The summed E-state index contributed by atoms with van der Waals surface area (Å²) in [6.07, 6.45) is 2.09. The van der Waals surface area contributed by atoms with Crippen molar-refractivity contribution in [3.8, 4) is 5.75 Å². The highest BCUT2D eigenvalue weighted by atomic mass is 16.4. The van der Waals surface area contributed by atoms with Crippen LogP contribution in [-0.4, -0.2) is 63.5 Å². The van der Waals surface area contributed by atoms with E-state index in [0.29, 0.717) is 38.9 Å². The van der Waals surface area contributed by atoms with Gasteiger partial charge in [-0.05, 0) is 42.4 Å². The molecule has 26 heavy (non-hydrogen) atoms. The SMILES string of the molecule is CC(=O)N1CC2(CCN(C(=O)Cc3cccc(O)c3)CC2)C[C@@H]1C(=O)O. The summed E-state index contributed by atoms with van der Waals surface area (Å²) >= 11 is 0. The minimum absolute atomic E-state index is 0.00153. The van der Waals surface area contributed by atoms with Gasteiger partial charge in [-0.1, -0.05) is 12.1 Å². The third-order valence-corrected chi connectivity index (χ3v) is 5.64. The number of phenols is 1. The highest BCUT2D eigenvalue weighted by Gasteiger charge is 2.49. The number of phenolic OH excluding ortho intramolecular Hbond substituents is 1. The monoisotopic (exact) mass is 360 g/mol. The van der Waals surface area contributed by atoms with E-state index in [1.165, 1.54) is 11.8 Å². The largest absolute Gasteiger partial charge is 0.508 e. The fourth-order valence-electron chi connectivity index (χ4n) is 4.15. The smallest absolute Gasteiger partial charge is 0.326 e. The van der Waals surface area contributed by atoms with Gasteiger partial charge in [-0.15, -0.1) is 0 Å². The number of rotatable bonds is 3. The van der Waals surface area contributed by atoms with Gasteiger partial charge in [0.05, 0.1) is 6.42 Å². The average Bonchev–Trinajstić information content (AvgIpc) is 2.95. The minimum atomic E-state index is -0.959. The van der Waals surface area contributed by atoms with Gasteiger partial charge < -0.3 is 20.0 Å². The summed E-state index contributed by atoms with van der Waals surface area (Å²) < 4.78 is 0. The van der Waals surface area contributed by atoms with Crippen molar-refractivity contribution in [2.45, 2.75) is 38.6 Å². The van der Waals surface area contributed by atoms with Crippen LogP contribution in [0.4, 0.5) is 0 Å². The number of amides is 2.